The zero-order valence-electron chi connectivity index (χ0n) is 22.1. The summed E-state index contributed by atoms with van der Waals surface area (Å²) in [5.74, 6) is -2.40. The predicted octanol–water partition coefficient (Wildman–Crippen LogP) is 1.02. The number of rotatable bonds is 18. The average Bonchev–Trinajstić information content (AvgIpc) is 2.88. The van der Waals surface area contributed by atoms with Crippen molar-refractivity contribution < 1.29 is 24.3 Å². The van der Waals surface area contributed by atoms with Crippen LogP contribution in [0.3, 0.4) is 0 Å². The van der Waals surface area contributed by atoms with Crippen molar-refractivity contribution >= 4 is 35.5 Å². The lowest BCUT2D eigenvalue weighted by Crippen LogP contribution is -2.58. The van der Waals surface area contributed by atoms with E-state index in [9.17, 15) is 24.3 Å². The Morgan fingerprint density at radius 2 is 1.57 bits per heavy atom. The number of carbonyl (C=O) groups excluding carboxylic acids is 3. The van der Waals surface area contributed by atoms with E-state index in [1.165, 1.54) is 11.8 Å². The molecule has 5 unspecified atom stereocenters. The number of thioether (sulfide) groups is 1. The number of hydrogen-bond donors (Lipinski definition) is 6. The Hall–Kier alpha value is -2.63. The Balaban J connectivity index is 3.07. The molecule has 0 saturated heterocycles. The van der Waals surface area contributed by atoms with Crippen LogP contribution in [0, 0.1) is 5.92 Å². The van der Waals surface area contributed by atoms with Crippen LogP contribution in [-0.2, 0) is 25.6 Å². The lowest BCUT2D eigenvalue weighted by Gasteiger charge is -2.26. The van der Waals surface area contributed by atoms with E-state index in [0.29, 0.717) is 38.0 Å². The summed E-state index contributed by atoms with van der Waals surface area (Å²) in [5, 5.41) is 17.7. The second kappa shape index (κ2) is 17.8. The molecule has 0 aliphatic carbocycles. The third kappa shape index (κ3) is 12.0. The standard InChI is InChI=1S/C26H43N5O5S/c1-4-17(2)22(26(35)36)31-25(34)21(16-18-10-6-5-7-11-18)30-24(33)20(13-15-37-3)29-23(32)19(28)12-8-9-14-27/h5-7,10-11,17,19-22H,4,8-9,12-16,27-28H2,1-3H3,(H,29,32)(H,30,33)(H,31,34)(H,35,36). The number of unbranched alkanes of at least 4 members (excludes halogenated alkanes) is 1. The second-order valence-corrected chi connectivity index (χ2v) is 10.2. The molecular formula is C26H43N5O5S. The fourth-order valence-electron chi connectivity index (χ4n) is 3.69. The molecule has 208 valence electrons. The van der Waals surface area contributed by atoms with Gasteiger partial charge in [-0.05, 0) is 49.3 Å². The number of amides is 3. The molecule has 0 aliphatic heterocycles. The summed E-state index contributed by atoms with van der Waals surface area (Å²) in [6.07, 6.45) is 4.86. The maximum Gasteiger partial charge on any atom is 0.326 e. The van der Waals surface area contributed by atoms with E-state index >= 15 is 0 Å². The van der Waals surface area contributed by atoms with Gasteiger partial charge in [0.2, 0.25) is 17.7 Å². The SMILES string of the molecule is CCC(C)C(NC(=O)C(Cc1ccccc1)NC(=O)C(CCSC)NC(=O)C(N)CCCCN)C(=O)O. The van der Waals surface area contributed by atoms with Gasteiger partial charge in [0.15, 0.2) is 0 Å². The molecule has 0 aliphatic rings. The summed E-state index contributed by atoms with van der Waals surface area (Å²) in [6.45, 7) is 4.10. The summed E-state index contributed by atoms with van der Waals surface area (Å²) >= 11 is 1.52. The number of hydrogen-bond acceptors (Lipinski definition) is 7. The van der Waals surface area contributed by atoms with Crippen molar-refractivity contribution in [3.05, 3.63) is 35.9 Å². The monoisotopic (exact) mass is 537 g/mol. The van der Waals surface area contributed by atoms with E-state index in [1.54, 1.807) is 6.92 Å². The van der Waals surface area contributed by atoms with Gasteiger partial charge < -0.3 is 32.5 Å². The van der Waals surface area contributed by atoms with E-state index in [1.807, 2.05) is 43.5 Å². The Morgan fingerprint density at radius 1 is 0.946 bits per heavy atom. The van der Waals surface area contributed by atoms with Crippen molar-refractivity contribution in [3.8, 4) is 0 Å². The normalized spacial score (nSPS) is 15.1. The number of benzene rings is 1. The maximum atomic E-state index is 13.3. The lowest BCUT2D eigenvalue weighted by atomic mass is 9.98. The highest BCUT2D eigenvalue weighted by molar-refractivity contribution is 7.98. The molecule has 0 aromatic heterocycles. The molecule has 0 saturated carbocycles. The number of carbonyl (C=O) groups is 4. The van der Waals surface area contributed by atoms with Crippen LogP contribution in [0.4, 0.5) is 0 Å². The van der Waals surface area contributed by atoms with Crippen molar-refractivity contribution in [2.75, 3.05) is 18.6 Å². The summed E-state index contributed by atoms with van der Waals surface area (Å²) in [7, 11) is 0. The van der Waals surface area contributed by atoms with Gasteiger partial charge in [-0.2, -0.15) is 11.8 Å². The second-order valence-electron chi connectivity index (χ2n) is 9.19. The first kappa shape index (κ1) is 32.4. The largest absolute Gasteiger partial charge is 0.480 e. The molecular weight excluding hydrogens is 494 g/mol. The first-order valence-corrected chi connectivity index (χ1v) is 14.2. The van der Waals surface area contributed by atoms with Crippen LogP contribution in [-0.4, -0.2) is 71.5 Å². The molecule has 5 atom stereocenters. The molecule has 8 N–H and O–H groups in total. The molecule has 1 rings (SSSR count). The first-order valence-electron chi connectivity index (χ1n) is 12.8. The number of carboxylic acid groups (broad SMARTS) is 1. The lowest BCUT2D eigenvalue weighted by molar-refractivity contribution is -0.143. The first-order chi connectivity index (χ1) is 17.6. The van der Waals surface area contributed by atoms with Crippen molar-refractivity contribution in [2.45, 2.75) is 76.5 Å². The third-order valence-corrected chi connectivity index (χ3v) is 6.89. The highest BCUT2D eigenvalue weighted by atomic mass is 32.2. The average molecular weight is 538 g/mol. The van der Waals surface area contributed by atoms with Crippen LogP contribution in [0.15, 0.2) is 30.3 Å². The van der Waals surface area contributed by atoms with Gasteiger partial charge in [-0.15, -0.1) is 0 Å². The Bertz CT molecular complexity index is 857. The predicted molar refractivity (Wildman–Crippen MR) is 147 cm³/mol. The van der Waals surface area contributed by atoms with Crippen LogP contribution < -0.4 is 27.4 Å². The minimum atomic E-state index is -1.14. The van der Waals surface area contributed by atoms with Crippen LogP contribution in [0.2, 0.25) is 0 Å². The van der Waals surface area contributed by atoms with E-state index in [0.717, 1.165) is 12.0 Å². The van der Waals surface area contributed by atoms with Crippen LogP contribution in [0.5, 0.6) is 0 Å². The fraction of sp³-hybridized carbons (Fsp3) is 0.615. The molecule has 0 heterocycles. The fourth-order valence-corrected chi connectivity index (χ4v) is 4.16. The quantitative estimate of drug-likeness (QED) is 0.150. The highest BCUT2D eigenvalue weighted by Crippen LogP contribution is 2.11. The van der Waals surface area contributed by atoms with Crippen LogP contribution >= 0.6 is 11.8 Å². The number of nitrogens with one attached hydrogen (secondary N) is 3. The number of nitrogens with two attached hydrogens (primary N) is 2. The van der Waals surface area contributed by atoms with Gasteiger partial charge in [0.1, 0.15) is 18.1 Å². The van der Waals surface area contributed by atoms with Gasteiger partial charge in [0.05, 0.1) is 6.04 Å². The van der Waals surface area contributed by atoms with Gasteiger partial charge in [-0.25, -0.2) is 4.79 Å². The smallest absolute Gasteiger partial charge is 0.326 e. The van der Waals surface area contributed by atoms with E-state index in [-0.39, 0.29) is 12.3 Å². The van der Waals surface area contributed by atoms with Crippen molar-refractivity contribution in [1.29, 1.82) is 0 Å². The Labute approximate surface area is 224 Å². The molecule has 1 aromatic rings. The van der Waals surface area contributed by atoms with Crippen molar-refractivity contribution in [2.24, 2.45) is 17.4 Å². The topological polar surface area (TPSA) is 177 Å². The van der Waals surface area contributed by atoms with Crippen LogP contribution in [0.25, 0.3) is 0 Å². The molecule has 11 heteroatoms. The zero-order chi connectivity index (χ0) is 27.8. The number of carboxylic acids is 1. The van der Waals surface area contributed by atoms with Crippen molar-refractivity contribution in [3.63, 3.8) is 0 Å². The highest BCUT2D eigenvalue weighted by Gasteiger charge is 2.32. The summed E-state index contributed by atoms with van der Waals surface area (Å²) in [6, 6.07) is 5.33. The van der Waals surface area contributed by atoms with Gasteiger partial charge in [-0.1, -0.05) is 57.0 Å². The van der Waals surface area contributed by atoms with Gasteiger partial charge in [0, 0.05) is 6.42 Å². The van der Waals surface area contributed by atoms with E-state index in [4.69, 9.17) is 11.5 Å². The van der Waals surface area contributed by atoms with Crippen molar-refractivity contribution in [1.82, 2.24) is 16.0 Å². The van der Waals surface area contributed by atoms with Gasteiger partial charge in [-0.3, -0.25) is 14.4 Å². The summed E-state index contributed by atoms with van der Waals surface area (Å²) in [5.41, 5.74) is 12.3. The third-order valence-electron chi connectivity index (χ3n) is 6.24. The molecule has 0 radical (unpaired) electrons. The molecule has 37 heavy (non-hydrogen) atoms. The minimum Gasteiger partial charge on any atom is -0.480 e. The summed E-state index contributed by atoms with van der Waals surface area (Å²) < 4.78 is 0. The van der Waals surface area contributed by atoms with Gasteiger partial charge in [0.25, 0.3) is 0 Å². The van der Waals surface area contributed by atoms with Crippen LogP contribution in [0.1, 0.15) is 51.5 Å². The van der Waals surface area contributed by atoms with E-state index < -0.39 is 47.9 Å². The zero-order valence-corrected chi connectivity index (χ0v) is 22.9. The molecule has 0 fully saturated rings. The molecule has 3 amide bonds. The summed E-state index contributed by atoms with van der Waals surface area (Å²) in [4.78, 5) is 50.9. The Morgan fingerprint density at radius 3 is 2.14 bits per heavy atom. The molecule has 10 nitrogen and oxygen atoms in total. The minimum absolute atomic E-state index is 0.160. The Kier molecular flexibility index (Phi) is 15.6. The van der Waals surface area contributed by atoms with Gasteiger partial charge >= 0.3 is 5.97 Å². The molecule has 0 bridgehead atoms. The molecule has 1 aromatic carbocycles. The maximum absolute atomic E-state index is 13.3. The molecule has 0 spiro atoms. The van der Waals surface area contributed by atoms with E-state index in [2.05, 4.69) is 16.0 Å². The number of aliphatic carboxylic acids is 1.